The quantitative estimate of drug-likeness (QED) is 0.688. The topological polar surface area (TPSA) is 60.7 Å². The van der Waals surface area contributed by atoms with Crippen molar-refractivity contribution in [2.75, 3.05) is 18.5 Å². The molecule has 0 saturated heterocycles. The number of hydrogen-bond donors (Lipinski definition) is 1. The number of hydrogen-bond acceptors (Lipinski definition) is 4. The number of amides is 1. The largest absolute Gasteiger partial charge is 0.494 e. The van der Waals surface area contributed by atoms with Crippen LogP contribution in [0.5, 0.6) is 11.5 Å². The van der Waals surface area contributed by atoms with Gasteiger partial charge in [0.25, 0.3) is 0 Å². The lowest BCUT2D eigenvalue weighted by Crippen LogP contribution is -2.09. The average molecular weight is 355 g/mol. The molecular weight excluding hydrogens is 330 g/mol. The fourth-order valence-corrected chi connectivity index (χ4v) is 2.85. The van der Waals surface area contributed by atoms with Crippen molar-refractivity contribution >= 4 is 17.7 Å². The van der Waals surface area contributed by atoms with Crippen LogP contribution in [0.4, 0.5) is 5.69 Å². The highest BCUT2D eigenvalue weighted by atomic mass is 16.5. The first-order valence-electron chi connectivity index (χ1n) is 9.09. The van der Waals surface area contributed by atoms with E-state index in [9.17, 15) is 4.79 Å². The van der Waals surface area contributed by atoms with Gasteiger partial charge in [-0.05, 0) is 56.5 Å². The molecule has 1 fully saturated rings. The Balaban J connectivity index is 1.66. The zero-order valence-corrected chi connectivity index (χ0v) is 15.5. The van der Waals surface area contributed by atoms with Crippen LogP contribution in [0.15, 0.2) is 40.8 Å². The van der Waals surface area contributed by atoms with Gasteiger partial charge in [-0.2, -0.15) is 0 Å². The summed E-state index contributed by atoms with van der Waals surface area (Å²) in [5, 5.41) is 2.84. The lowest BCUT2D eigenvalue weighted by molar-refractivity contribution is -0.111. The third-order valence-corrected chi connectivity index (χ3v) is 4.34. The molecular formula is C21H25NO4. The van der Waals surface area contributed by atoms with Crippen LogP contribution in [0.25, 0.3) is 6.08 Å². The first kappa shape index (κ1) is 18.1. The van der Waals surface area contributed by atoms with E-state index in [0.29, 0.717) is 48.0 Å². The Bertz CT molecular complexity index is 793. The second-order valence-electron chi connectivity index (χ2n) is 6.41. The number of carbonyl (C=O) groups excluding carboxylic acids is 1. The fraction of sp³-hybridized carbons (Fsp3) is 0.381. The number of furan rings is 1. The van der Waals surface area contributed by atoms with E-state index in [4.69, 9.17) is 13.9 Å². The maximum absolute atomic E-state index is 12.3. The van der Waals surface area contributed by atoms with Crippen molar-refractivity contribution in [3.8, 4) is 11.5 Å². The minimum absolute atomic E-state index is 0.252. The maximum atomic E-state index is 12.3. The Morgan fingerprint density at radius 1 is 1.23 bits per heavy atom. The second kappa shape index (κ2) is 8.13. The lowest BCUT2D eigenvalue weighted by atomic mass is 10.2. The Kier molecular flexibility index (Phi) is 5.66. The second-order valence-corrected chi connectivity index (χ2v) is 6.41. The van der Waals surface area contributed by atoms with Crippen molar-refractivity contribution in [1.82, 2.24) is 0 Å². The lowest BCUT2D eigenvalue weighted by Gasteiger charge is -2.12. The van der Waals surface area contributed by atoms with Crippen LogP contribution in [0.3, 0.4) is 0 Å². The summed E-state index contributed by atoms with van der Waals surface area (Å²) in [5.74, 6) is 3.95. The molecule has 0 spiro atoms. The predicted molar refractivity (Wildman–Crippen MR) is 102 cm³/mol. The molecule has 0 radical (unpaired) electrons. The molecule has 3 rings (SSSR count). The van der Waals surface area contributed by atoms with E-state index in [-0.39, 0.29) is 5.91 Å². The third-order valence-electron chi connectivity index (χ3n) is 4.34. The van der Waals surface area contributed by atoms with E-state index < -0.39 is 0 Å². The van der Waals surface area contributed by atoms with Crippen LogP contribution in [0.2, 0.25) is 0 Å². The first-order chi connectivity index (χ1) is 12.6. The molecule has 1 aromatic heterocycles. The van der Waals surface area contributed by atoms with E-state index >= 15 is 0 Å². The summed E-state index contributed by atoms with van der Waals surface area (Å²) >= 11 is 0. The van der Waals surface area contributed by atoms with E-state index in [2.05, 4.69) is 12.2 Å². The zero-order chi connectivity index (χ0) is 18.5. The molecule has 1 heterocycles. The van der Waals surface area contributed by atoms with Gasteiger partial charge in [0, 0.05) is 18.1 Å². The molecule has 1 N–H and O–H groups in total. The van der Waals surface area contributed by atoms with Gasteiger partial charge < -0.3 is 19.2 Å². The minimum atomic E-state index is -0.252. The molecule has 1 amide bonds. The number of benzene rings is 1. The summed E-state index contributed by atoms with van der Waals surface area (Å²) in [6.45, 7) is 7.10. The molecule has 0 bridgehead atoms. The predicted octanol–water partition coefficient (Wildman–Crippen LogP) is 4.85. The number of carbonyl (C=O) groups is 1. The van der Waals surface area contributed by atoms with Crippen molar-refractivity contribution in [3.05, 3.63) is 47.9 Å². The maximum Gasteiger partial charge on any atom is 0.248 e. The van der Waals surface area contributed by atoms with Gasteiger partial charge in [-0.15, -0.1) is 0 Å². The van der Waals surface area contributed by atoms with Gasteiger partial charge >= 0.3 is 0 Å². The Labute approximate surface area is 154 Å². The molecule has 2 aromatic rings. The Morgan fingerprint density at radius 2 is 2.00 bits per heavy atom. The molecule has 1 saturated carbocycles. The molecule has 1 aliphatic carbocycles. The first-order valence-corrected chi connectivity index (χ1v) is 9.09. The molecule has 2 unspecified atom stereocenters. The SMILES string of the molecule is CCOc1ccc(OCC)c(NC(=O)/C=C/c2ccc(C3CC3C)o2)c1. The summed E-state index contributed by atoms with van der Waals surface area (Å²) in [5.41, 5.74) is 0.583. The van der Waals surface area contributed by atoms with Crippen molar-refractivity contribution in [3.63, 3.8) is 0 Å². The molecule has 26 heavy (non-hydrogen) atoms. The molecule has 138 valence electrons. The van der Waals surface area contributed by atoms with Gasteiger partial charge in [0.15, 0.2) is 0 Å². The van der Waals surface area contributed by atoms with Gasteiger partial charge in [0.2, 0.25) is 5.91 Å². The van der Waals surface area contributed by atoms with Crippen LogP contribution in [0, 0.1) is 5.92 Å². The van der Waals surface area contributed by atoms with E-state index in [1.807, 2.05) is 32.0 Å². The summed E-state index contributed by atoms with van der Waals surface area (Å²) in [6.07, 6.45) is 4.31. The van der Waals surface area contributed by atoms with Gasteiger partial charge in [-0.25, -0.2) is 0 Å². The summed E-state index contributed by atoms with van der Waals surface area (Å²) in [4.78, 5) is 12.3. The van der Waals surface area contributed by atoms with Crippen molar-refractivity contribution in [1.29, 1.82) is 0 Å². The van der Waals surface area contributed by atoms with Gasteiger partial charge in [-0.1, -0.05) is 6.92 Å². The highest BCUT2D eigenvalue weighted by molar-refractivity contribution is 6.02. The van der Waals surface area contributed by atoms with Crippen molar-refractivity contribution < 1.29 is 18.7 Å². The molecule has 1 aromatic carbocycles. The standard InChI is InChI=1S/C21H25NO4/c1-4-24-16-7-10-20(25-5-2)18(13-16)22-21(23)11-8-15-6-9-19(26-15)17-12-14(17)3/h6-11,13-14,17H,4-5,12H2,1-3H3,(H,22,23)/b11-8+. The van der Waals surface area contributed by atoms with Crippen molar-refractivity contribution in [2.45, 2.75) is 33.1 Å². The van der Waals surface area contributed by atoms with Gasteiger partial charge in [0.1, 0.15) is 23.0 Å². The molecule has 2 atom stereocenters. The molecule has 0 aliphatic heterocycles. The van der Waals surface area contributed by atoms with Crippen LogP contribution in [-0.2, 0) is 4.79 Å². The molecule has 5 nitrogen and oxygen atoms in total. The fourth-order valence-electron chi connectivity index (χ4n) is 2.85. The Hall–Kier alpha value is -2.69. The van der Waals surface area contributed by atoms with E-state index in [1.165, 1.54) is 12.5 Å². The summed E-state index contributed by atoms with van der Waals surface area (Å²) in [7, 11) is 0. The number of nitrogens with one attached hydrogen (secondary N) is 1. The molecule has 5 heteroatoms. The minimum Gasteiger partial charge on any atom is -0.494 e. The van der Waals surface area contributed by atoms with Crippen LogP contribution >= 0.6 is 0 Å². The van der Waals surface area contributed by atoms with Crippen LogP contribution in [0.1, 0.15) is 44.6 Å². The summed E-state index contributed by atoms with van der Waals surface area (Å²) < 4.78 is 16.8. The van der Waals surface area contributed by atoms with Crippen LogP contribution in [-0.4, -0.2) is 19.1 Å². The monoisotopic (exact) mass is 355 g/mol. The average Bonchev–Trinajstić information content (AvgIpc) is 3.17. The third kappa shape index (κ3) is 4.48. The number of anilines is 1. The smallest absolute Gasteiger partial charge is 0.248 e. The van der Waals surface area contributed by atoms with Crippen LogP contribution < -0.4 is 14.8 Å². The summed E-state index contributed by atoms with van der Waals surface area (Å²) in [6, 6.07) is 9.27. The highest BCUT2D eigenvalue weighted by Crippen LogP contribution is 2.47. The number of rotatable bonds is 8. The zero-order valence-electron chi connectivity index (χ0n) is 15.5. The highest BCUT2D eigenvalue weighted by Gasteiger charge is 2.36. The molecule has 1 aliphatic rings. The van der Waals surface area contributed by atoms with E-state index in [1.54, 1.807) is 18.2 Å². The van der Waals surface area contributed by atoms with Gasteiger partial charge in [-0.3, -0.25) is 4.79 Å². The van der Waals surface area contributed by atoms with E-state index in [0.717, 1.165) is 5.76 Å². The van der Waals surface area contributed by atoms with Gasteiger partial charge in [0.05, 0.1) is 18.9 Å². The normalized spacial score (nSPS) is 18.7. The Morgan fingerprint density at radius 3 is 2.69 bits per heavy atom. The van der Waals surface area contributed by atoms with Crippen molar-refractivity contribution in [2.24, 2.45) is 5.92 Å². The number of ether oxygens (including phenoxy) is 2.